The monoisotopic (exact) mass is 373 g/mol. The fraction of sp³-hybridized carbons (Fsp3) is 0.353. The Balaban J connectivity index is 1.63. The largest absolute Gasteiger partial charge is 0.354 e. The molecule has 25 heavy (non-hydrogen) atoms. The fourth-order valence-corrected chi connectivity index (χ4v) is 5.07. The average molecular weight is 374 g/mol. The van der Waals surface area contributed by atoms with Gasteiger partial charge in [-0.05, 0) is 17.7 Å². The predicted molar refractivity (Wildman–Crippen MR) is 103 cm³/mol. The van der Waals surface area contributed by atoms with Crippen LogP contribution in [0.4, 0.5) is 5.13 Å². The molecule has 6 nitrogen and oxygen atoms in total. The van der Waals surface area contributed by atoms with Gasteiger partial charge in [0.1, 0.15) is 4.83 Å². The van der Waals surface area contributed by atoms with Gasteiger partial charge in [0.25, 0.3) is 5.91 Å². The third-order valence-corrected chi connectivity index (χ3v) is 6.56. The number of hydrogen-bond donors (Lipinski definition) is 1. The molecule has 0 bridgehead atoms. The molecular weight excluding hydrogens is 354 g/mol. The van der Waals surface area contributed by atoms with Crippen LogP contribution in [-0.4, -0.2) is 54.5 Å². The molecule has 0 aliphatic carbocycles. The van der Waals surface area contributed by atoms with Crippen LogP contribution in [0.5, 0.6) is 0 Å². The maximum Gasteiger partial charge on any atom is 0.264 e. The third-order valence-electron chi connectivity index (χ3n) is 4.24. The molecule has 1 amide bonds. The van der Waals surface area contributed by atoms with Gasteiger partial charge in [-0.2, -0.15) is 0 Å². The van der Waals surface area contributed by atoms with Gasteiger partial charge in [-0.15, -0.1) is 11.3 Å². The minimum atomic E-state index is 0.0142. The van der Waals surface area contributed by atoms with Gasteiger partial charge < -0.3 is 15.1 Å². The Kier molecular flexibility index (Phi) is 4.41. The number of carbonyl (C=O) groups is 1. The molecule has 1 atom stereocenters. The summed E-state index contributed by atoms with van der Waals surface area (Å²) in [6, 6.07) is 5.94. The minimum absolute atomic E-state index is 0.0142. The van der Waals surface area contributed by atoms with Gasteiger partial charge in [0.2, 0.25) is 0 Å². The van der Waals surface area contributed by atoms with Crippen LogP contribution in [0.3, 0.4) is 0 Å². The first-order chi connectivity index (χ1) is 12.1. The summed E-state index contributed by atoms with van der Waals surface area (Å²) in [6.07, 6.45) is 3.60. The highest BCUT2D eigenvalue weighted by molar-refractivity contribution is 7.29. The number of carbonyl (C=O) groups excluding carboxylic acids is 1. The smallest absolute Gasteiger partial charge is 0.264 e. The first-order valence-corrected chi connectivity index (χ1v) is 9.76. The number of hydrogen-bond acceptors (Lipinski definition) is 7. The van der Waals surface area contributed by atoms with Crippen molar-refractivity contribution in [3.8, 4) is 0 Å². The molecule has 1 N–H and O–H groups in total. The second-order valence-corrected chi connectivity index (χ2v) is 8.22. The number of thiazole rings is 1. The fourth-order valence-electron chi connectivity index (χ4n) is 2.98. The van der Waals surface area contributed by atoms with Crippen molar-refractivity contribution in [3.05, 3.63) is 41.0 Å². The van der Waals surface area contributed by atoms with Crippen LogP contribution in [0.25, 0.3) is 9.53 Å². The zero-order valence-corrected chi connectivity index (χ0v) is 15.7. The molecule has 1 unspecified atom stereocenters. The molecule has 1 saturated heterocycles. The molecule has 0 spiro atoms. The van der Waals surface area contributed by atoms with Gasteiger partial charge in [-0.1, -0.05) is 17.4 Å². The predicted octanol–water partition coefficient (Wildman–Crippen LogP) is 2.61. The average Bonchev–Trinajstić information content (AvgIpc) is 3.21. The Bertz CT molecular complexity index is 857. The maximum atomic E-state index is 13.1. The number of nitrogens with one attached hydrogen (secondary N) is 1. The van der Waals surface area contributed by atoms with Gasteiger partial charge in [0.05, 0.1) is 15.6 Å². The summed E-state index contributed by atoms with van der Waals surface area (Å²) < 4.78 is 1.07. The van der Waals surface area contributed by atoms with E-state index in [0.717, 1.165) is 38.2 Å². The Labute approximate surface area is 154 Å². The Morgan fingerprint density at radius 1 is 1.40 bits per heavy atom. The number of fused-ring (bicyclic) bond motifs is 1. The van der Waals surface area contributed by atoms with Crippen LogP contribution in [-0.2, 0) is 0 Å². The lowest BCUT2D eigenvalue weighted by atomic mass is 10.1. The van der Waals surface area contributed by atoms with Crippen molar-refractivity contribution in [2.24, 2.45) is 0 Å². The number of piperazine rings is 1. The van der Waals surface area contributed by atoms with Gasteiger partial charge in [0, 0.05) is 46.1 Å². The van der Waals surface area contributed by atoms with Gasteiger partial charge >= 0.3 is 0 Å². The minimum Gasteiger partial charge on any atom is -0.354 e. The number of rotatable bonds is 3. The molecule has 0 aromatic carbocycles. The lowest BCUT2D eigenvalue weighted by molar-refractivity contribution is 0.0639. The van der Waals surface area contributed by atoms with Crippen molar-refractivity contribution in [3.63, 3.8) is 0 Å². The van der Waals surface area contributed by atoms with Crippen LogP contribution in [0, 0.1) is 0 Å². The zero-order chi connectivity index (χ0) is 17.4. The highest BCUT2D eigenvalue weighted by atomic mass is 32.1. The van der Waals surface area contributed by atoms with Crippen LogP contribution in [0.2, 0.25) is 0 Å². The lowest BCUT2D eigenvalue weighted by Gasteiger charge is -2.36. The van der Waals surface area contributed by atoms with E-state index in [1.165, 1.54) is 11.3 Å². The van der Waals surface area contributed by atoms with E-state index in [-0.39, 0.29) is 11.9 Å². The third kappa shape index (κ3) is 3.12. The maximum absolute atomic E-state index is 13.1. The van der Waals surface area contributed by atoms with E-state index in [4.69, 9.17) is 0 Å². The molecule has 4 rings (SSSR count). The van der Waals surface area contributed by atoms with E-state index in [2.05, 4.69) is 15.3 Å². The van der Waals surface area contributed by atoms with Crippen molar-refractivity contribution < 1.29 is 4.79 Å². The highest BCUT2D eigenvalue weighted by Gasteiger charge is 2.30. The molecule has 1 aliphatic heterocycles. The normalized spacial score (nSPS) is 17.8. The van der Waals surface area contributed by atoms with Gasteiger partial charge in [-0.25, -0.2) is 4.98 Å². The van der Waals surface area contributed by atoms with Crippen molar-refractivity contribution in [2.75, 3.05) is 38.6 Å². The van der Waals surface area contributed by atoms with Crippen molar-refractivity contribution in [1.82, 2.24) is 20.2 Å². The molecule has 130 valence electrons. The molecule has 3 aromatic heterocycles. The van der Waals surface area contributed by atoms with Crippen LogP contribution < -0.4 is 10.2 Å². The molecule has 1 aliphatic rings. The number of pyridine rings is 1. The van der Waals surface area contributed by atoms with E-state index in [1.54, 1.807) is 17.5 Å². The zero-order valence-electron chi connectivity index (χ0n) is 14.1. The summed E-state index contributed by atoms with van der Waals surface area (Å²) in [5, 5.41) is 4.35. The first kappa shape index (κ1) is 16.4. The summed E-state index contributed by atoms with van der Waals surface area (Å²) in [5.41, 5.74) is 1.06. The molecule has 4 heterocycles. The molecule has 0 saturated carbocycles. The number of aromatic nitrogens is 2. The number of amides is 1. The van der Waals surface area contributed by atoms with E-state index in [9.17, 15) is 4.79 Å². The number of thiophene rings is 1. The summed E-state index contributed by atoms with van der Waals surface area (Å²) in [7, 11) is 3.96. The van der Waals surface area contributed by atoms with E-state index >= 15 is 0 Å². The van der Waals surface area contributed by atoms with Crippen LogP contribution in [0.1, 0.15) is 21.3 Å². The highest BCUT2D eigenvalue weighted by Crippen LogP contribution is 2.35. The SMILES string of the molecule is CN(C)c1nc2sc(C(=O)N3CCNCC3c3cccnc3)cc2s1. The van der Waals surface area contributed by atoms with Gasteiger partial charge in [0.15, 0.2) is 5.13 Å². The first-order valence-electron chi connectivity index (χ1n) is 8.13. The van der Waals surface area contributed by atoms with Crippen molar-refractivity contribution in [2.45, 2.75) is 6.04 Å². The topological polar surface area (TPSA) is 61.4 Å². The van der Waals surface area contributed by atoms with Crippen molar-refractivity contribution >= 4 is 43.2 Å². The quantitative estimate of drug-likeness (QED) is 0.765. The molecule has 0 radical (unpaired) electrons. The van der Waals surface area contributed by atoms with E-state index < -0.39 is 0 Å². The molecular formula is C17H19N5OS2. The number of anilines is 1. The second-order valence-electron chi connectivity index (χ2n) is 6.18. The molecule has 8 heteroatoms. The van der Waals surface area contributed by atoms with Crippen LogP contribution in [0.15, 0.2) is 30.6 Å². The standard InChI is InChI=1S/C17H19N5OS2/c1-21(2)17-20-15-13(25-17)8-14(24-15)16(23)22-7-6-19-10-12(22)11-4-3-5-18-9-11/h3-5,8-9,12,19H,6-7,10H2,1-2H3. The molecule has 1 fully saturated rings. The number of nitrogens with zero attached hydrogens (tertiary/aromatic N) is 4. The van der Waals surface area contributed by atoms with Crippen LogP contribution >= 0.6 is 22.7 Å². The summed E-state index contributed by atoms with van der Waals surface area (Å²) in [5.74, 6) is 0.0805. The summed E-state index contributed by atoms with van der Waals surface area (Å²) in [6.45, 7) is 2.26. The van der Waals surface area contributed by atoms with E-state index in [0.29, 0.717) is 6.54 Å². The Morgan fingerprint density at radius 2 is 2.28 bits per heavy atom. The summed E-state index contributed by atoms with van der Waals surface area (Å²) >= 11 is 3.10. The second kappa shape index (κ2) is 6.70. The lowest BCUT2D eigenvalue weighted by Crippen LogP contribution is -2.48. The Morgan fingerprint density at radius 3 is 3.00 bits per heavy atom. The molecule has 3 aromatic rings. The Hall–Kier alpha value is -2.03. The van der Waals surface area contributed by atoms with E-state index in [1.807, 2.05) is 48.3 Å². The van der Waals surface area contributed by atoms with Gasteiger partial charge in [-0.3, -0.25) is 9.78 Å². The van der Waals surface area contributed by atoms with Crippen molar-refractivity contribution in [1.29, 1.82) is 0 Å². The summed E-state index contributed by atoms with van der Waals surface area (Å²) in [4.78, 5) is 27.6.